The molecule has 0 aliphatic carbocycles. The van der Waals surface area contributed by atoms with Crippen LogP contribution < -0.4 is 0 Å². The van der Waals surface area contributed by atoms with E-state index in [1.54, 1.807) is 27.7 Å². The van der Waals surface area contributed by atoms with Crippen LogP contribution in [0.5, 0.6) is 0 Å². The fourth-order valence-corrected chi connectivity index (χ4v) is 3.78. The van der Waals surface area contributed by atoms with Gasteiger partial charge in [0.15, 0.2) is 0 Å². The van der Waals surface area contributed by atoms with Gasteiger partial charge in [-0.15, -0.1) is 0 Å². The van der Waals surface area contributed by atoms with E-state index < -0.39 is 98.4 Å². The standard InChI is InChI=1S/2C6H11F3.C6H12F2.C6H13F.2C6H14.C5H6F6.C5H9F3.C5H10F2.C5H11F/c2*1-3-4-5(2)6(7,8)9;1-3-4-5(2)6(7)8;1-3-4-6(2)5-7;1-5-6(2,3)4;1-4-5-6(2)3;1-2-3(4(6,7)8)5(9,10)11;1-3-4(2)5(6,7)8;1-3-4(2)5(6)7;1-3-5(2)4-6/h2*5H,3-4H2,1-2H3;5-6H,3-4H2,1-2H3;6H,3-5H2,1-2H3;5H2,1-4H3;6H,4-5H2,1-3H3;3H,2H2,1H3;4H,3H2,1-2H3;4-5H,3H2,1-2H3;5H,3-4H2,1-2H3/i3D2;;;;;;2D2;;;. The van der Waals surface area contributed by atoms with Gasteiger partial charge in [0.2, 0.25) is 12.9 Å². The fraction of sp³-hybridized carbons (Fsp3) is 1.00. The molecule has 0 aliphatic rings. The average molecular weight is 1190 g/mol. The van der Waals surface area contributed by atoms with Crippen LogP contribution in [0.1, 0.15) is 254 Å². The largest absolute Gasteiger partial charge is 0.400 e. The highest BCUT2D eigenvalue weighted by molar-refractivity contribution is 4.73. The first kappa shape index (κ1) is 86.8. The quantitative estimate of drug-likeness (QED) is 0.120. The summed E-state index contributed by atoms with van der Waals surface area (Å²) in [5.41, 5.74) is 0.542. The van der Waals surface area contributed by atoms with Crippen molar-refractivity contribution in [2.75, 3.05) is 13.3 Å². The summed E-state index contributed by atoms with van der Waals surface area (Å²) >= 11 is 0. The molecule has 7 unspecified atom stereocenters. The molecule has 0 bridgehead atoms. The van der Waals surface area contributed by atoms with Crippen molar-refractivity contribution >= 4 is 0 Å². The Balaban J connectivity index is -0.0000000874. The van der Waals surface area contributed by atoms with Gasteiger partial charge in [0, 0.05) is 17.3 Å². The Morgan fingerprint density at radius 3 is 0.727 bits per heavy atom. The lowest BCUT2D eigenvalue weighted by Crippen LogP contribution is -2.35. The number of halogens is 21. The van der Waals surface area contributed by atoms with Gasteiger partial charge in [-0.1, -0.05) is 204 Å². The molecule has 0 nitrogen and oxygen atoms in total. The summed E-state index contributed by atoms with van der Waals surface area (Å²) in [7, 11) is 0. The zero-order chi connectivity index (χ0) is 68.0. The molecule has 0 saturated carbocycles. The minimum absolute atomic E-state index is 0.159. The van der Waals surface area contributed by atoms with E-state index in [0.29, 0.717) is 24.7 Å². The van der Waals surface area contributed by atoms with Gasteiger partial charge in [-0.3, -0.25) is 8.78 Å². The van der Waals surface area contributed by atoms with Crippen molar-refractivity contribution in [1.82, 2.24) is 0 Å². The maximum atomic E-state index is 11.8. The predicted molar refractivity (Wildman–Crippen MR) is 282 cm³/mol. The SMILES string of the molecule is CCC(C)(C)C.CCC(C)C(F)(F)F.CCC(C)C(F)F.CCC(C)CF.CCCC(C)C.CCCC(C)C(F)(F)F.CCCC(C)C(F)F.CCCC(C)CF.[2H]C([2H])(C)C(C(F)(F)F)C(F)(F)F.[2H]C([2H])(C)CC(C)C(F)(F)F. The molecule has 0 radical (unpaired) electrons. The zero-order valence-corrected chi connectivity index (χ0v) is 50.9. The van der Waals surface area contributed by atoms with E-state index in [0.717, 1.165) is 45.4 Å². The van der Waals surface area contributed by atoms with Crippen LogP contribution in [0.15, 0.2) is 0 Å². The molecular weight excluding hydrogens is 1070 g/mol. The van der Waals surface area contributed by atoms with E-state index >= 15 is 0 Å². The topological polar surface area (TPSA) is 0 Å². The predicted octanol–water partition coefficient (Wildman–Crippen LogP) is 26.0. The van der Waals surface area contributed by atoms with Gasteiger partial charge in [-0.25, -0.2) is 17.6 Å². The highest BCUT2D eigenvalue weighted by Crippen LogP contribution is 2.41. The minimum atomic E-state index is -5.61. The molecule has 0 heterocycles. The summed E-state index contributed by atoms with van der Waals surface area (Å²) in [6.07, 6.45) is -23.2. The van der Waals surface area contributed by atoms with Crippen LogP contribution >= 0.6 is 0 Å². The molecule has 482 valence electrons. The number of hydrogen-bond acceptors (Lipinski definition) is 0. The van der Waals surface area contributed by atoms with Crippen molar-refractivity contribution in [2.45, 2.75) is 292 Å². The van der Waals surface area contributed by atoms with Crippen LogP contribution in [-0.4, -0.2) is 57.1 Å². The van der Waals surface area contributed by atoms with E-state index in [-0.39, 0.29) is 45.0 Å². The first-order chi connectivity index (χ1) is 35.8. The Kier molecular flexibility index (Phi) is 63.6. The maximum Gasteiger partial charge on any atom is 0.400 e. The highest BCUT2D eigenvalue weighted by atomic mass is 19.4. The summed E-state index contributed by atoms with van der Waals surface area (Å²) in [4.78, 5) is 0. The maximum absolute atomic E-state index is 11.8. The van der Waals surface area contributed by atoms with Crippen LogP contribution in [0.4, 0.5) is 92.2 Å². The van der Waals surface area contributed by atoms with Crippen molar-refractivity contribution in [3.63, 3.8) is 0 Å². The van der Waals surface area contributed by atoms with Crippen molar-refractivity contribution < 1.29 is 97.7 Å². The smallest absolute Gasteiger partial charge is 0.251 e. The molecule has 0 N–H and O–H groups in total. The molecule has 0 aromatic rings. The summed E-state index contributed by atoms with van der Waals surface area (Å²) in [5.74, 6) is -7.19. The molecule has 0 aliphatic heterocycles. The lowest BCUT2D eigenvalue weighted by molar-refractivity contribution is -0.284. The van der Waals surface area contributed by atoms with Gasteiger partial charge in [-0.05, 0) is 68.1 Å². The average Bonchev–Trinajstić information content (AvgIpc) is 3.26. The molecule has 21 heteroatoms. The monoisotopic (exact) mass is 1190 g/mol. The summed E-state index contributed by atoms with van der Waals surface area (Å²) in [6, 6.07) is 0. The zero-order valence-electron chi connectivity index (χ0n) is 54.9. The third-order valence-electron chi connectivity index (χ3n) is 10.6. The van der Waals surface area contributed by atoms with E-state index in [9.17, 15) is 92.2 Å². The van der Waals surface area contributed by atoms with Crippen molar-refractivity contribution in [1.29, 1.82) is 0 Å². The molecule has 0 aromatic carbocycles. The molecular formula is C56H111F21. The van der Waals surface area contributed by atoms with Gasteiger partial charge in [0.25, 0.3) is 0 Å². The molecule has 0 amide bonds. The Morgan fingerprint density at radius 2 is 0.675 bits per heavy atom. The molecule has 0 fully saturated rings. The highest BCUT2D eigenvalue weighted by Gasteiger charge is 2.55. The second-order valence-corrected chi connectivity index (χ2v) is 20.5. The van der Waals surface area contributed by atoms with E-state index in [1.165, 1.54) is 40.0 Å². The van der Waals surface area contributed by atoms with Gasteiger partial charge in [0.1, 0.15) is 5.92 Å². The molecule has 0 aromatic heterocycles. The minimum Gasteiger partial charge on any atom is -0.251 e. The van der Waals surface area contributed by atoms with Gasteiger partial charge in [0.05, 0.1) is 31.1 Å². The first-order valence-corrected chi connectivity index (χ1v) is 26.8. The number of hydrogen-bond donors (Lipinski definition) is 0. The van der Waals surface area contributed by atoms with Crippen LogP contribution in [0.3, 0.4) is 0 Å². The molecule has 77 heavy (non-hydrogen) atoms. The number of rotatable bonds is 18. The fourth-order valence-electron chi connectivity index (χ4n) is 3.78. The Bertz CT molecular complexity index is 1230. The third kappa shape index (κ3) is 88.6. The van der Waals surface area contributed by atoms with Gasteiger partial charge in [-0.2, -0.15) is 65.9 Å². The van der Waals surface area contributed by atoms with E-state index in [1.807, 2.05) is 27.7 Å². The number of alkyl halides is 21. The molecule has 0 spiro atoms. The molecule has 0 rings (SSSR count). The second kappa shape index (κ2) is 56.4. The van der Waals surface area contributed by atoms with Gasteiger partial charge >= 0.3 is 30.9 Å². The van der Waals surface area contributed by atoms with Crippen LogP contribution in [0.25, 0.3) is 0 Å². The van der Waals surface area contributed by atoms with Crippen molar-refractivity contribution in [3.8, 4) is 0 Å². The van der Waals surface area contributed by atoms with Crippen LogP contribution in [0.2, 0.25) is 0 Å². The Hall–Kier alpha value is -1.47. The van der Waals surface area contributed by atoms with Crippen molar-refractivity contribution in [2.24, 2.45) is 58.7 Å². The van der Waals surface area contributed by atoms with Crippen LogP contribution in [-0.2, 0) is 0 Å². The summed E-state index contributed by atoms with van der Waals surface area (Å²) in [6.45, 7) is 38.1. The first-order valence-electron chi connectivity index (χ1n) is 28.8. The van der Waals surface area contributed by atoms with Gasteiger partial charge < -0.3 is 0 Å². The Morgan fingerprint density at radius 1 is 0.364 bits per heavy atom. The Labute approximate surface area is 461 Å². The molecule has 7 atom stereocenters. The summed E-state index contributed by atoms with van der Waals surface area (Å²) < 4.78 is 271. The van der Waals surface area contributed by atoms with E-state index in [2.05, 4.69) is 55.4 Å². The summed E-state index contributed by atoms with van der Waals surface area (Å²) in [5, 5.41) is 0. The third-order valence-corrected chi connectivity index (χ3v) is 10.6. The van der Waals surface area contributed by atoms with Crippen LogP contribution in [0, 0.1) is 58.7 Å². The lowest BCUT2D eigenvalue weighted by Gasteiger charge is -2.20. The van der Waals surface area contributed by atoms with Crippen molar-refractivity contribution in [3.05, 3.63) is 0 Å². The molecule has 0 saturated heterocycles. The van der Waals surface area contributed by atoms with E-state index in [4.69, 9.17) is 5.48 Å². The normalized spacial score (nSPS) is 15.5. The lowest BCUT2D eigenvalue weighted by atomic mass is 9.94. The second-order valence-electron chi connectivity index (χ2n) is 20.5.